The molecule has 24 heavy (non-hydrogen) atoms. The Kier molecular flexibility index (Phi) is 7.49. The van der Waals surface area contributed by atoms with Crippen LogP contribution in [0.25, 0.3) is 0 Å². The Balaban J connectivity index is 1.75. The molecule has 0 saturated carbocycles. The number of amides is 1. The van der Waals surface area contributed by atoms with E-state index < -0.39 is 5.97 Å². The number of alkyl halides is 1. The van der Waals surface area contributed by atoms with E-state index in [0.29, 0.717) is 11.8 Å². The second-order valence-electron chi connectivity index (χ2n) is 5.41. The summed E-state index contributed by atoms with van der Waals surface area (Å²) < 4.78 is 5.14. The Morgan fingerprint density at radius 2 is 1.54 bits per heavy atom. The average Bonchev–Trinajstić information content (AvgIpc) is 2.64. The monoisotopic (exact) mass is 389 g/mol. The number of nitrogens with one attached hydrogen (secondary N) is 1. The molecule has 1 amide bonds. The van der Waals surface area contributed by atoms with Crippen molar-refractivity contribution in [2.24, 2.45) is 5.92 Å². The van der Waals surface area contributed by atoms with Crippen LogP contribution in [0.5, 0.6) is 0 Å². The molecule has 0 spiro atoms. The van der Waals surface area contributed by atoms with Crippen LogP contribution in [0.15, 0.2) is 60.7 Å². The first-order valence-corrected chi connectivity index (χ1v) is 8.88. The third kappa shape index (κ3) is 6.16. The number of hydrogen-bond donors (Lipinski definition) is 1. The van der Waals surface area contributed by atoms with Gasteiger partial charge in [0.25, 0.3) is 0 Å². The van der Waals surface area contributed by atoms with Crippen molar-refractivity contribution >= 4 is 27.8 Å². The molecule has 0 radical (unpaired) electrons. The van der Waals surface area contributed by atoms with Gasteiger partial charge in [0.05, 0.1) is 5.92 Å². The van der Waals surface area contributed by atoms with E-state index in [-0.39, 0.29) is 25.0 Å². The van der Waals surface area contributed by atoms with Gasteiger partial charge in [-0.05, 0) is 17.5 Å². The summed E-state index contributed by atoms with van der Waals surface area (Å²) in [5.41, 5.74) is 2.00. The second kappa shape index (κ2) is 9.88. The fraction of sp³-hybridized carbons (Fsp3) is 0.263. The Labute approximate surface area is 150 Å². The molecule has 0 aliphatic heterocycles. The molecule has 5 heteroatoms. The van der Waals surface area contributed by atoms with Crippen LogP contribution in [-0.2, 0) is 27.4 Å². The Bertz CT molecular complexity index is 646. The highest BCUT2D eigenvalue weighted by Crippen LogP contribution is 2.11. The Morgan fingerprint density at radius 1 is 0.958 bits per heavy atom. The molecule has 0 fully saturated rings. The molecule has 2 aromatic rings. The molecular formula is C19H20BrNO3. The zero-order valence-corrected chi connectivity index (χ0v) is 14.9. The summed E-state index contributed by atoms with van der Waals surface area (Å²) in [6.45, 7) is 0.0887. The largest absolute Gasteiger partial charge is 0.460 e. The predicted octanol–water partition coefficient (Wildman–Crippen LogP) is 3.10. The third-order valence-corrected chi connectivity index (χ3v) is 4.31. The average molecular weight is 390 g/mol. The van der Waals surface area contributed by atoms with Gasteiger partial charge in [0.15, 0.2) is 0 Å². The molecule has 1 N–H and O–H groups in total. The van der Waals surface area contributed by atoms with Crippen LogP contribution in [-0.4, -0.2) is 23.8 Å². The van der Waals surface area contributed by atoms with E-state index >= 15 is 0 Å². The van der Waals surface area contributed by atoms with Crippen LogP contribution in [0.4, 0.5) is 0 Å². The molecule has 1 atom stereocenters. The SMILES string of the molecule is O=C(CNC(=O)C(CBr)Cc1ccccc1)OCc1ccccc1. The number of ether oxygens (including phenoxy) is 1. The van der Waals surface area contributed by atoms with Crippen molar-refractivity contribution in [2.75, 3.05) is 11.9 Å². The van der Waals surface area contributed by atoms with Crippen LogP contribution < -0.4 is 5.32 Å². The summed E-state index contributed by atoms with van der Waals surface area (Å²) in [6, 6.07) is 19.2. The minimum atomic E-state index is -0.444. The summed E-state index contributed by atoms with van der Waals surface area (Å²) in [5, 5.41) is 3.18. The first-order chi connectivity index (χ1) is 11.7. The molecule has 0 aromatic heterocycles. The van der Waals surface area contributed by atoms with Crippen LogP contribution in [0.2, 0.25) is 0 Å². The molecule has 0 bridgehead atoms. The quantitative estimate of drug-likeness (QED) is 0.557. The van der Waals surface area contributed by atoms with E-state index in [1.165, 1.54) is 0 Å². The highest BCUT2D eigenvalue weighted by Gasteiger charge is 2.18. The lowest BCUT2D eigenvalue weighted by molar-refractivity contribution is -0.145. The number of rotatable bonds is 8. The van der Waals surface area contributed by atoms with Gasteiger partial charge >= 0.3 is 5.97 Å². The van der Waals surface area contributed by atoms with Crippen molar-refractivity contribution in [3.05, 3.63) is 71.8 Å². The van der Waals surface area contributed by atoms with Gasteiger partial charge in [-0.3, -0.25) is 9.59 Å². The predicted molar refractivity (Wildman–Crippen MR) is 96.7 cm³/mol. The second-order valence-corrected chi connectivity index (χ2v) is 6.05. The van der Waals surface area contributed by atoms with Gasteiger partial charge in [-0.1, -0.05) is 76.6 Å². The molecule has 4 nitrogen and oxygen atoms in total. The van der Waals surface area contributed by atoms with E-state index in [1.807, 2.05) is 60.7 Å². The maximum absolute atomic E-state index is 12.2. The van der Waals surface area contributed by atoms with E-state index in [2.05, 4.69) is 21.2 Å². The van der Waals surface area contributed by atoms with E-state index in [9.17, 15) is 9.59 Å². The topological polar surface area (TPSA) is 55.4 Å². The van der Waals surface area contributed by atoms with E-state index in [1.54, 1.807) is 0 Å². The lowest BCUT2D eigenvalue weighted by atomic mass is 10.0. The van der Waals surface area contributed by atoms with Gasteiger partial charge in [0.2, 0.25) is 5.91 Å². The number of carbonyl (C=O) groups is 2. The smallest absolute Gasteiger partial charge is 0.325 e. The fourth-order valence-corrected chi connectivity index (χ4v) is 2.73. The van der Waals surface area contributed by atoms with Gasteiger partial charge in [-0.25, -0.2) is 0 Å². The number of halogens is 1. The zero-order chi connectivity index (χ0) is 17.2. The minimum absolute atomic E-state index is 0.121. The summed E-state index contributed by atoms with van der Waals surface area (Å²) in [4.78, 5) is 23.9. The molecule has 126 valence electrons. The van der Waals surface area contributed by atoms with Crippen molar-refractivity contribution in [2.45, 2.75) is 13.0 Å². The normalized spacial score (nSPS) is 11.5. The molecule has 0 aliphatic rings. The lowest BCUT2D eigenvalue weighted by Crippen LogP contribution is -2.36. The molecule has 0 saturated heterocycles. The van der Waals surface area contributed by atoms with Gasteiger partial charge in [-0.15, -0.1) is 0 Å². The number of carbonyl (C=O) groups excluding carboxylic acids is 2. The van der Waals surface area contributed by atoms with Crippen molar-refractivity contribution in [1.29, 1.82) is 0 Å². The van der Waals surface area contributed by atoms with Gasteiger partial charge in [0, 0.05) is 5.33 Å². The summed E-state index contributed by atoms with van der Waals surface area (Å²) >= 11 is 3.37. The van der Waals surface area contributed by atoms with Gasteiger partial charge in [-0.2, -0.15) is 0 Å². The van der Waals surface area contributed by atoms with Crippen molar-refractivity contribution < 1.29 is 14.3 Å². The highest BCUT2D eigenvalue weighted by atomic mass is 79.9. The molecule has 2 rings (SSSR count). The van der Waals surface area contributed by atoms with Gasteiger partial charge in [0.1, 0.15) is 13.2 Å². The molecule has 2 aromatic carbocycles. The molecular weight excluding hydrogens is 370 g/mol. The first kappa shape index (κ1) is 18.2. The molecule has 1 unspecified atom stereocenters. The minimum Gasteiger partial charge on any atom is -0.460 e. The fourth-order valence-electron chi connectivity index (χ4n) is 2.21. The summed E-state index contributed by atoms with van der Waals surface area (Å²) in [6.07, 6.45) is 0.622. The van der Waals surface area contributed by atoms with Gasteiger partial charge < -0.3 is 10.1 Å². The van der Waals surface area contributed by atoms with E-state index in [0.717, 1.165) is 11.1 Å². The maximum Gasteiger partial charge on any atom is 0.325 e. The number of esters is 1. The standard InChI is InChI=1S/C19H20BrNO3/c20-12-17(11-15-7-3-1-4-8-15)19(23)21-13-18(22)24-14-16-9-5-2-6-10-16/h1-10,17H,11-14H2,(H,21,23). The number of benzene rings is 2. The Morgan fingerprint density at radius 3 is 2.12 bits per heavy atom. The molecule has 0 heterocycles. The maximum atomic E-state index is 12.2. The summed E-state index contributed by atoms with van der Waals surface area (Å²) in [5.74, 6) is -0.832. The van der Waals surface area contributed by atoms with Crippen LogP contribution >= 0.6 is 15.9 Å². The van der Waals surface area contributed by atoms with E-state index in [4.69, 9.17) is 4.74 Å². The van der Waals surface area contributed by atoms with Crippen molar-refractivity contribution in [3.8, 4) is 0 Å². The lowest BCUT2D eigenvalue weighted by Gasteiger charge is -2.14. The highest BCUT2D eigenvalue weighted by molar-refractivity contribution is 9.09. The molecule has 0 aliphatic carbocycles. The number of hydrogen-bond acceptors (Lipinski definition) is 3. The Hall–Kier alpha value is -2.14. The van der Waals surface area contributed by atoms with Crippen LogP contribution in [0.1, 0.15) is 11.1 Å². The van der Waals surface area contributed by atoms with Crippen molar-refractivity contribution in [1.82, 2.24) is 5.32 Å². The van der Waals surface area contributed by atoms with Crippen LogP contribution in [0.3, 0.4) is 0 Å². The first-order valence-electron chi connectivity index (χ1n) is 7.76. The summed E-state index contributed by atoms with van der Waals surface area (Å²) in [7, 11) is 0. The van der Waals surface area contributed by atoms with Crippen molar-refractivity contribution in [3.63, 3.8) is 0 Å². The third-order valence-electron chi connectivity index (χ3n) is 3.53. The van der Waals surface area contributed by atoms with Crippen LogP contribution in [0, 0.1) is 5.92 Å². The zero-order valence-electron chi connectivity index (χ0n) is 13.3.